The van der Waals surface area contributed by atoms with Gasteiger partial charge in [0.05, 0.1) is 5.92 Å². The number of carboxylic acid groups (broad SMARTS) is 1. The molecule has 0 spiro atoms. The predicted octanol–water partition coefficient (Wildman–Crippen LogP) is 3.72. The van der Waals surface area contributed by atoms with Crippen LogP contribution in [0.15, 0.2) is 59.1 Å². The molecule has 1 atom stereocenters. The van der Waals surface area contributed by atoms with E-state index >= 15 is 0 Å². The van der Waals surface area contributed by atoms with E-state index in [0.717, 1.165) is 10.0 Å². The highest BCUT2D eigenvalue weighted by Crippen LogP contribution is 2.17. The largest absolute Gasteiger partial charge is 0.481 e. The normalized spacial score (nSPS) is 11.7. The van der Waals surface area contributed by atoms with Crippen LogP contribution in [-0.4, -0.2) is 17.0 Å². The molecule has 0 aliphatic heterocycles. The van der Waals surface area contributed by atoms with Crippen LogP contribution in [0.3, 0.4) is 0 Å². The van der Waals surface area contributed by atoms with Gasteiger partial charge < -0.3 is 10.4 Å². The van der Waals surface area contributed by atoms with Crippen molar-refractivity contribution in [2.24, 2.45) is 5.92 Å². The van der Waals surface area contributed by atoms with Crippen LogP contribution in [0.1, 0.15) is 12.0 Å². The topological polar surface area (TPSA) is 66.4 Å². The van der Waals surface area contributed by atoms with E-state index in [2.05, 4.69) is 21.2 Å². The monoisotopic (exact) mass is 361 g/mol. The Morgan fingerprint density at radius 1 is 1.05 bits per heavy atom. The van der Waals surface area contributed by atoms with E-state index in [1.54, 1.807) is 12.1 Å². The summed E-state index contributed by atoms with van der Waals surface area (Å²) in [6, 6.07) is 16.4. The van der Waals surface area contributed by atoms with E-state index in [1.807, 2.05) is 42.5 Å². The van der Waals surface area contributed by atoms with Gasteiger partial charge in [-0.25, -0.2) is 0 Å². The molecule has 5 heteroatoms. The number of amides is 1. The molecule has 0 saturated carbocycles. The summed E-state index contributed by atoms with van der Waals surface area (Å²) in [4.78, 5) is 23.4. The smallest absolute Gasteiger partial charge is 0.307 e. The van der Waals surface area contributed by atoms with Crippen LogP contribution in [-0.2, 0) is 16.0 Å². The number of carboxylic acids is 1. The highest BCUT2D eigenvalue weighted by atomic mass is 79.9. The second kappa shape index (κ2) is 7.75. The molecule has 2 rings (SSSR count). The molecule has 0 saturated heterocycles. The minimum absolute atomic E-state index is 0.0553. The first-order valence-corrected chi connectivity index (χ1v) is 7.66. The summed E-state index contributed by atoms with van der Waals surface area (Å²) in [6.07, 6.45) is 0.269. The van der Waals surface area contributed by atoms with E-state index in [4.69, 9.17) is 0 Å². The van der Waals surface area contributed by atoms with Crippen molar-refractivity contribution in [2.75, 3.05) is 5.32 Å². The lowest BCUT2D eigenvalue weighted by Gasteiger charge is -2.12. The van der Waals surface area contributed by atoms with Gasteiger partial charge in [-0.15, -0.1) is 0 Å². The third-order valence-corrected chi connectivity index (χ3v) is 3.76. The number of carbonyl (C=O) groups excluding carboxylic acids is 1. The molecule has 0 heterocycles. The van der Waals surface area contributed by atoms with Crippen molar-refractivity contribution in [2.45, 2.75) is 12.8 Å². The number of benzene rings is 2. The van der Waals surface area contributed by atoms with Gasteiger partial charge in [0, 0.05) is 16.6 Å². The van der Waals surface area contributed by atoms with Gasteiger partial charge in [0.25, 0.3) is 0 Å². The third-order valence-electron chi connectivity index (χ3n) is 3.23. The summed E-state index contributed by atoms with van der Waals surface area (Å²) in [5, 5.41) is 12.0. The summed E-state index contributed by atoms with van der Waals surface area (Å²) in [6.45, 7) is 0. The zero-order valence-electron chi connectivity index (χ0n) is 11.8. The SMILES string of the molecule is O=C(CC(Cc1ccc(Br)cc1)C(=O)O)Nc1ccccc1. The molecule has 1 amide bonds. The zero-order chi connectivity index (χ0) is 15.9. The number of rotatable bonds is 6. The van der Waals surface area contributed by atoms with Crippen molar-refractivity contribution >= 4 is 33.5 Å². The number of para-hydroxylation sites is 1. The lowest BCUT2D eigenvalue weighted by molar-refractivity contribution is -0.143. The highest BCUT2D eigenvalue weighted by Gasteiger charge is 2.21. The molecular weight excluding hydrogens is 346 g/mol. The first-order chi connectivity index (χ1) is 10.5. The fourth-order valence-corrected chi connectivity index (χ4v) is 2.37. The maximum Gasteiger partial charge on any atom is 0.307 e. The van der Waals surface area contributed by atoms with Crippen molar-refractivity contribution in [3.8, 4) is 0 Å². The van der Waals surface area contributed by atoms with Crippen LogP contribution in [0.5, 0.6) is 0 Å². The van der Waals surface area contributed by atoms with Crippen LogP contribution < -0.4 is 5.32 Å². The molecule has 0 radical (unpaired) electrons. The Labute approximate surface area is 137 Å². The molecule has 0 aliphatic rings. The van der Waals surface area contributed by atoms with Crippen LogP contribution in [0.4, 0.5) is 5.69 Å². The second-order valence-electron chi connectivity index (χ2n) is 4.98. The zero-order valence-corrected chi connectivity index (χ0v) is 13.4. The van der Waals surface area contributed by atoms with Crippen LogP contribution >= 0.6 is 15.9 Å². The molecule has 0 bridgehead atoms. The number of hydrogen-bond acceptors (Lipinski definition) is 2. The minimum Gasteiger partial charge on any atom is -0.481 e. The Kier molecular flexibility index (Phi) is 5.72. The average Bonchev–Trinajstić information content (AvgIpc) is 2.49. The Morgan fingerprint density at radius 2 is 1.68 bits per heavy atom. The summed E-state index contributed by atoms with van der Waals surface area (Å²) in [5.74, 6) is -2.01. The summed E-state index contributed by atoms with van der Waals surface area (Å²) in [5.41, 5.74) is 1.56. The minimum atomic E-state index is -0.967. The van der Waals surface area contributed by atoms with Gasteiger partial charge in [-0.1, -0.05) is 46.3 Å². The fraction of sp³-hybridized carbons (Fsp3) is 0.176. The van der Waals surface area contributed by atoms with E-state index in [9.17, 15) is 14.7 Å². The molecule has 1 unspecified atom stereocenters. The Bertz CT molecular complexity index is 641. The first kappa shape index (κ1) is 16.2. The van der Waals surface area contributed by atoms with Gasteiger partial charge in [-0.2, -0.15) is 0 Å². The predicted molar refractivity (Wildman–Crippen MR) is 88.7 cm³/mol. The van der Waals surface area contributed by atoms with Gasteiger partial charge in [0.15, 0.2) is 0 Å². The molecule has 0 fully saturated rings. The van der Waals surface area contributed by atoms with Gasteiger partial charge in [-0.3, -0.25) is 9.59 Å². The second-order valence-corrected chi connectivity index (χ2v) is 5.90. The van der Waals surface area contributed by atoms with E-state index in [1.165, 1.54) is 0 Å². The van der Waals surface area contributed by atoms with Gasteiger partial charge in [-0.05, 0) is 36.2 Å². The molecule has 2 aromatic carbocycles. The van der Waals surface area contributed by atoms with Gasteiger partial charge in [0.1, 0.15) is 0 Å². The van der Waals surface area contributed by atoms with Crippen molar-refractivity contribution in [1.82, 2.24) is 0 Å². The first-order valence-electron chi connectivity index (χ1n) is 6.87. The third kappa shape index (κ3) is 5.00. The molecule has 2 N–H and O–H groups in total. The quantitative estimate of drug-likeness (QED) is 0.823. The number of hydrogen-bond donors (Lipinski definition) is 2. The van der Waals surface area contributed by atoms with Crippen LogP contribution in [0.2, 0.25) is 0 Å². The maximum absolute atomic E-state index is 12.0. The molecule has 0 aromatic heterocycles. The lowest BCUT2D eigenvalue weighted by Crippen LogP contribution is -2.24. The Hall–Kier alpha value is -2.14. The number of aliphatic carboxylic acids is 1. The average molecular weight is 362 g/mol. The van der Waals surface area contributed by atoms with E-state index < -0.39 is 11.9 Å². The summed E-state index contributed by atoms with van der Waals surface area (Å²) >= 11 is 3.34. The molecule has 22 heavy (non-hydrogen) atoms. The molecule has 2 aromatic rings. The summed E-state index contributed by atoms with van der Waals surface area (Å²) in [7, 11) is 0. The molecule has 4 nitrogen and oxygen atoms in total. The van der Waals surface area contributed by atoms with Crippen LogP contribution in [0.25, 0.3) is 0 Å². The van der Waals surface area contributed by atoms with Gasteiger partial charge in [0.2, 0.25) is 5.91 Å². The van der Waals surface area contributed by atoms with Crippen molar-refractivity contribution < 1.29 is 14.7 Å². The van der Waals surface area contributed by atoms with Crippen molar-refractivity contribution in [1.29, 1.82) is 0 Å². The van der Waals surface area contributed by atoms with Crippen molar-refractivity contribution in [3.63, 3.8) is 0 Å². The van der Waals surface area contributed by atoms with E-state index in [-0.39, 0.29) is 12.3 Å². The van der Waals surface area contributed by atoms with Gasteiger partial charge >= 0.3 is 5.97 Å². The Morgan fingerprint density at radius 3 is 2.27 bits per heavy atom. The lowest BCUT2D eigenvalue weighted by atomic mass is 9.96. The number of carbonyl (C=O) groups is 2. The molecular formula is C17H16BrNO3. The number of nitrogens with one attached hydrogen (secondary N) is 1. The summed E-state index contributed by atoms with van der Waals surface area (Å²) < 4.78 is 0.935. The molecule has 0 aliphatic carbocycles. The standard InChI is InChI=1S/C17H16BrNO3/c18-14-8-6-12(7-9-14)10-13(17(21)22)11-16(20)19-15-4-2-1-3-5-15/h1-9,13H,10-11H2,(H,19,20)(H,21,22). The van der Waals surface area contributed by atoms with Crippen LogP contribution in [0, 0.1) is 5.92 Å². The fourth-order valence-electron chi connectivity index (χ4n) is 2.11. The maximum atomic E-state index is 12.0. The number of anilines is 1. The van der Waals surface area contributed by atoms with E-state index in [0.29, 0.717) is 12.1 Å². The highest BCUT2D eigenvalue weighted by molar-refractivity contribution is 9.10. The Balaban J connectivity index is 1.98. The number of halogens is 1. The molecule has 114 valence electrons. The van der Waals surface area contributed by atoms with Crippen molar-refractivity contribution in [3.05, 3.63) is 64.6 Å².